The Balaban J connectivity index is 2.16. The molecule has 0 radical (unpaired) electrons. The van der Waals surface area contributed by atoms with Crippen molar-refractivity contribution in [1.82, 2.24) is 0 Å². The summed E-state index contributed by atoms with van der Waals surface area (Å²) in [6.45, 7) is 5.57. The Kier molecular flexibility index (Phi) is 5.46. The van der Waals surface area contributed by atoms with Gasteiger partial charge in [-0.3, -0.25) is 9.59 Å². The molecule has 2 rings (SSSR count). The molecule has 2 aromatic rings. The molecule has 0 unspecified atom stereocenters. The van der Waals surface area contributed by atoms with Gasteiger partial charge in [0.25, 0.3) is 0 Å². The molecule has 6 heteroatoms. The van der Waals surface area contributed by atoms with Gasteiger partial charge in [0.05, 0.1) is 12.8 Å². The lowest BCUT2D eigenvalue weighted by atomic mass is 10.1. The Labute approximate surface area is 146 Å². The van der Waals surface area contributed by atoms with Crippen molar-refractivity contribution < 1.29 is 14.3 Å². The molecule has 2 amide bonds. The van der Waals surface area contributed by atoms with E-state index in [9.17, 15) is 9.59 Å². The third-order valence-electron chi connectivity index (χ3n) is 3.58. The van der Waals surface area contributed by atoms with Crippen molar-refractivity contribution in [3.63, 3.8) is 0 Å². The maximum atomic E-state index is 12.2. The predicted molar refractivity (Wildman–Crippen MR) is 95.9 cm³/mol. The minimum absolute atomic E-state index is 0.387. The highest BCUT2D eigenvalue weighted by molar-refractivity contribution is 6.44. The Bertz CT molecular complexity index is 803. The van der Waals surface area contributed by atoms with Gasteiger partial charge >= 0.3 is 11.8 Å². The number of hydrogen-bond acceptors (Lipinski definition) is 3. The average molecular weight is 347 g/mol. The molecule has 0 aliphatic rings. The molecule has 0 saturated heterocycles. The van der Waals surface area contributed by atoms with Crippen LogP contribution in [0.1, 0.15) is 16.7 Å². The highest BCUT2D eigenvalue weighted by atomic mass is 35.5. The minimum Gasteiger partial charge on any atom is -0.495 e. The van der Waals surface area contributed by atoms with Crippen molar-refractivity contribution in [2.45, 2.75) is 20.8 Å². The van der Waals surface area contributed by atoms with E-state index in [1.807, 2.05) is 32.0 Å². The molecule has 24 heavy (non-hydrogen) atoms. The van der Waals surface area contributed by atoms with Crippen LogP contribution in [0.5, 0.6) is 5.75 Å². The second-order valence-corrected chi connectivity index (χ2v) is 5.94. The van der Waals surface area contributed by atoms with Crippen LogP contribution in [0.2, 0.25) is 5.02 Å². The van der Waals surface area contributed by atoms with Gasteiger partial charge < -0.3 is 15.4 Å². The van der Waals surface area contributed by atoms with Crippen LogP contribution in [-0.2, 0) is 9.59 Å². The summed E-state index contributed by atoms with van der Waals surface area (Å²) in [6.07, 6.45) is 0. The summed E-state index contributed by atoms with van der Waals surface area (Å²) >= 11 is 6.03. The molecule has 0 aliphatic heterocycles. The SMILES string of the molecule is COc1cc(Cl)c(C)cc1NC(=O)C(=O)Nc1cc(C)ccc1C. The van der Waals surface area contributed by atoms with Gasteiger partial charge in [-0.1, -0.05) is 23.7 Å². The van der Waals surface area contributed by atoms with Gasteiger partial charge in [0.15, 0.2) is 0 Å². The van der Waals surface area contributed by atoms with Gasteiger partial charge in [-0.25, -0.2) is 0 Å². The number of methoxy groups -OCH3 is 1. The third-order valence-corrected chi connectivity index (χ3v) is 3.98. The number of anilines is 2. The Morgan fingerprint density at radius 2 is 1.54 bits per heavy atom. The van der Waals surface area contributed by atoms with Crippen LogP contribution in [-0.4, -0.2) is 18.9 Å². The molecule has 0 fully saturated rings. The van der Waals surface area contributed by atoms with Gasteiger partial charge in [-0.2, -0.15) is 0 Å². The largest absolute Gasteiger partial charge is 0.495 e. The van der Waals surface area contributed by atoms with Gasteiger partial charge in [0.1, 0.15) is 5.75 Å². The van der Waals surface area contributed by atoms with Crippen molar-refractivity contribution in [3.05, 3.63) is 52.0 Å². The van der Waals surface area contributed by atoms with Crippen molar-refractivity contribution in [2.24, 2.45) is 0 Å². The molecule has 0 heterocycles. The number of halogens is 1. The lowest BCUT2D eigenvalue weighted by Crippen LogP contribution is -2.29. The molecule has 126 valence electrons. The zero-order chi connectivity index (χ0) is 17.9. The first kappa shape index (κ1) is 17.8. The van der Waals surface area contributed by atoms with E-state index < -0.39 is 11.8 Å². The molecule has 0 saturated carbocycles. The van der Waals surface area contributed by atoms with Gasteiger partial charge in [-0.15, -0.1) is 0 Å². The van der Waals surface area contributed by atoms with Crippen LogP contribution in [0.15, 0.2) is 30.3 Å². The zero-order valence-electron chi connectivity index (χ0n) is 14.0. The molecule has 0 bridgehead atoms. The van der Waals surface area contributed by atoms with Gasteiger partial charge in [0, 0.05) is 16.8 Å². The lowest BCUT2D eigenvalue weighted by molar-refractivity contribution is -0.133. The highest BCUT2D eigenvalue weighted by Gasteiger charge is 2.17. The smallest absolute Gasteiger partial charge is 0.314 e. The number of ether oxygens (including phenoxy) is 1. The van der Waals surface area contributed by atoms with Crippen LogP contribution >= 0.6 is 11.6 Å². The van der Waals surface area contributed by atoms with Crippen LogP contribution in [0, 0.1) is 20.8 Å². The van der Waals surface area contributed by atoms with Crippen LogP contribution in [0.3, 0.4) is 0 Å². The number of nitrogens with one attached hydrogen (secondary N) is 2. The summed E-state index contributed by atoms with van der Waals surface area (Å²) in [7, 11) is 1.47. The summed E-state index contributed by atoms with van der Waals surface area (Å²) in [6, 6.07) is 8.88. The number of benzene rings is 2. The average Bonchev–Trinajstić information content (AvgIpc) is 2.54. The molecule has 5 nitrogen and oxygen atoms in total. The number of amides is 2. The number of rotatable bonds is 3. The van der Waals surface area contributed by atoms with Gasteiger partial charge in [-0.05, 0) is 49.6 Å². The first-order valence-electron chi connectivity index (χ1n) is 7.35. The second kappa shape index (κ2) is 7.36. The molecule has 0 atom stereocenters. The first-order valence-corrected chi connectivity index (χ1v) is 7.73. The number of hydrogen-bond donors (Lipinski definition) is 2. The van der Waals surface area contributed by atoms with E-state index in [-0.39, 0.29) is 0 Å². The summed E-state index contributed by atoms with van der Waals surface area (Å²) in [5.74, 6) is -1.15. The number of carbonyl (C=O) groups excluding carboxylic acids is 2. The van der Waals surface area contributed by atoms with E-state index in [0.29, 0.717) is 22.1 Å². The maximum Gasteiger partial charge on any atom is 0.314 e. The normalized spacial score (nSPS) is 10.2. The summed E-state index contributed by atoms with van der Waals surface area (Å²) in [5, 5.41) is 5.68. The number of aryl methyl sites for hydroxylation is 3. The van der Waals surface area contributed by atoms with Crippen LogP contribution < -0.4 is 15.4 Å². The zero-order valence-corrected chi connectivity index (χ0v) is 14.7. The topological polar surface area (TPSA) is 67.4 Å². The van der Waals surface area contributed by atoms with E-state index >= 15 is 0 Å². The van der Waals surface area contributed by atoms with Crippen LogP contribution in [0.4, 0.5) is 11.4 Å². The first-order chi connectivity index (χ1) is 11.3. The summed E-state index contributed by atoms with van der Waals surface area (Å²) < 4.78 is 5.18. The minimum atomic E-state index is -0.782. The van der Waals surface area contributed by atoms with Crippen molar-refractivity contribution in [2.75, 3.05) is 17.7 Å². The highest BCUT2D eigenvalue weighted by Crippen LogP contribution is 2.30. The van der Waals surface area contributed by atoms with Crippen LogP contribution in [0.25, 0.3) is 0 Å². The molecule has 0 aromatic heterocycles. The maximum absolute atomic E-state index is 12.2. The molecule has 2 aromatic carbocycles. The van der Waals surface area contributed by atoms with Crippen molar-refractivity contribution in [3.8, 4) is 5.75 Å². The molecule has 0 spiro atoms. The van der Waals surface area contributed by atoms with E-state index in [1.165, 1.54) is 7.11 Å². The molecule has 2 N–H and O–H groups in total. The Morgan fingerprint density at radius 3 is 2.17 bits per heavy atom. The summed E-state index contributed by atoms with van der Waals surface area (Å²) in [4.78, 5) is 24.3. The molecule has 0 aliphatic carbocycles. The fourth-order valence-electron chi connectivity index (χ4n) is 2.16. The van der Waals surface area contributed by atoms with E-state index in [4.69, 9.17) is 16.3 Å². The Morgan fingerprint density at radius 1 is 0.917 bits per heavy atom. The third kappa shape index (κ3) is 4.06. The predicted octanol–water partition coefficient (Wildman–Crippen LogP) is 3.85. The quantitative estimate of drug-likeness (QED) is 0.829. The standard InChI is InChI=1S/C18H19ClN2O3/c1-10-5-6-11(2)14(7-10)20-17(22)18(23)21-15-8-12(3)13(19)9-16(15)24-4/h5-9H,1-4H3,(H,20,22)(H,21,23). The second-order valence-electron chi connectivity index (χ2n) is 5.53. The molecular weight excluding hydrogens is 328 g/mol. The van der Waals surface area contributed by atoms with E-state index in [1.54, 1.807) is 19.1 Å². The monoisotopic (exact) mass is 346 g/mol. The van der Waals surface area contributed by atoms with Crippen molar-refractivity contribution >= 4 is 34.8 Å². The molecular formula is C18H19ClN2O3. The number of carbonyl (C=O) groups is 2. The van der Waals surface area contributed by atoms with E-state index in [2.05, 4.69) is 10.6 Å². The Hall–Kier alpha value is -2.53. The summed E-state index contributed by atoms with van der Waals surface area (Å²) in [5.41, 5.74) is 3.63. The van der Waals surface area contributed by atoms with Gasteiger partial charge in [0.2, 0.25) is 0 Å². The lowest BCUT2D eigenvalue weighted by Gasteiger charge is -2.13. The van der Waals surface area contributed by atoms with E-state index in [0.717, 1.165) is 16.7 Å². The fraction of sp³-hybridized carbons (Fsp3) is 0.222. The van der Waals surface area contributed by atoms with Crippen molar-refractivity contribution in [1.29, 1.82) is 0 Å². The fourth-order valence-corrected chi connectivity index (χ4v) is 2.31.